The molecule has 1 unspecified atom stereocenters. The zero-order valence-corrected chi connectivity index (χ0v) is 10.9. The van der Waals surface area contributed by atoms with E-state index in [0.29, 0.717) is 11.5 Å². The Bertz CT molecular complexity index is 187. The van der Waals surface area contributed by atoms with Crippen molar-refractivity contribution in [3.63, 3.8) is 0 Å². The molecule has 2 N–H and O–H groups in total. The Morgan fingerprint density at radius 2 is 2.07 bits per heavy atom. The lowest BCUT2D eigenvalue weighted by Crippen LogP contribution is -2.55. The molecule has 15 heavy (non-hydrogen) atoms. The molecule has 0 saturated carbocycles. The van der Waals surface area contributed by atoms with Crippen LogP contribution in [0.1, 0.15) is 47.0 Å². The largest absolute Gasteiger partial charge is 0.330 e. The van der Waals surface area contributed by atoms with Crippen LogP contribution in [0.25, 0.3) is 0 Å². The maximum Gasteiger partial charge on any atom is 0.0193 e. The van der Waals surface area contributed by atoms with Crippen molar-refractivity contribution in [1.29, 1.82) is 0 Å². The minimum absolute atomic E-state index is 0.307. The van der Waals surface area contributed by atoms with E-state index in [1.54, 1.807) is 0 Å². The first-order chi connectivity index (χ1) is 6.98. The van der Waals surface area contributed by atoms with Crippen molar-refractivity contribution >= 4 is 0 Å². The van der Waals surface area contributed by atoms with Crippen molar-refractivity contribution in [3.05, 3.63) is 0 Å². The highest BCUT2D eigenvalue weighted by atomic mass is 15.2. The van der Waals surface area contributed by atoms with Crippen LogP contribution in [0.5, 0.6) is 0 Å². The van der Waals surface area contributed by atoms with E-state index in [9.17, 15) is 0 Å². The van der Waals surface area contributed by atoms with Crippen molar-refractivity contribution in [2.45, 2.75) is 52.5 Å². The van der Waals surface area contributed by atoms with Gasteiger partial charge in [0.25, 0.3) is 0 Å². The van der Waals surface area contributed by atoms with Gasteiger partial charge in [0.15, 0.2) is 0 Å². The minimum atomic E-state index is 0.307. The maximum absolute atomic E-state index is 5.87. The summed E-state index contributed by atoms with van der Waals surface area (Å²) in [5, 5.41) is 0. The molecule has 2 heteroatoms. The molecule has 1 atom stereocenters. The molecule has 0 bridgehead atoms. The third-order valence-corrected chi connectivity index (χ3v) is 4.06. The predicted octanol–water partition coefficient (Wildman–Crippen LogP) is 2.48. The molecular weight excluding hydrogens is 184 g/mol. The van der Waals surface area contributed by atoms with Gasteiger partial charge in [-0.1, -0.05) is 13.8 Å². The second-order valence-electron chi connectivity index (χ2n) is 5.90. The van der Waals surface area contributed by atoms with E-state index in [1.165, 1.54) is 32.4 Å². The Balaban J connectivity index is 2.54. The second-order valence-corrected chi connectivity index (χ2v) is 5.90. The second kappa shape index (κ2) is 5.31. The van der Waals surface area contributed by atoms with Gasteiger partial charge in [0.2, 0.25) is 0 Å². The van der Waals surface area contributed by atoms with Crippen LogP contribution >= 0.6 is 0 Å². The third kappa shape index (κ3) is 3.18. The first kappa shape index (κ1) is 13.0. The van der Waals surface area contributed by atoms with Gasteiger partial charge in [-0.2, -0.15) is 0 Å². The number of nitrogens with two attached hydrogens (primary N) is 1. The Morgan fingerprint density at radius 3 is 2.60 bits per heavy atom. The SMILES string of the molecule is CC(C)CCN1CCCC(CN)C1(C)C. The van der Waals surface area contributed by atoms with Gasteiger partial charge in [-0.3, -0.25) is 4.90 Å². The van der Waals surface area contributed by atoms with Gasteiger partial charge in [0.05, 0.1) is 0 Å². The first-order valence-electron chi connectivity index (χ1n) is 6.43. The van der Waals surface area contributed by atoms with Gasteiger partial charge >= 0.3 is 0 Å². The first-order valence-corrected chi connectivity index (χ1v) is 6.43. The molecule has 1 heterocycles. The van der Waals surface area contributed by atoms with Gasteiger partial charge in [-0.15, -0.1) is 0 Å². The van der Waals surface area contributed by atoms with Crippen molar-refractivity contribution in [1.82, 2.24) is 4.90 Å². The molecule has 0 amide bonds. The van der Waals surface area contributed by atoms with Gasteiger partial charge in [0, 0.05) is 5.54 Å². The van der Waals surface area contributed by atoms with Crippen molar-refractivity contribution in [3.8, 4) is 0 Å². The summed E-state index contributed by atoms with van der Waals surface area (Å²) in [5.41, 5.74) is 6.18. The van der Waals surface area contributed by atoms with Crippen LogP contribution < -0.4 is 5.73 Å². The minimum Gasteiger partial charge on any atom is -0.330 e. The van der Waals surface area contributed by atoms with Crippen LogP contribution in [0.2, 0.25) is 0 Å². The summed E-state index contributed by atoms with van der Waals surface area (Å²) in [6.45, 7) is 12.7. The summed E-state index contributed by atoms with van der Waals surface area (Å²) in [7, 11) is 0. The van der Waals surface area contributed by atoms with E-state index >= 15 is 0 Å². The molecule has 0 aromatic carbocycles. The molecule has 0 aromatic heterocycles. The van der Waals surface area contributed by atoms with Crippen LogP contribution in [-0.4, -0.2) is 30.1 Å². The number of nitrogens with zero attached hydrogens (tertiary/aromatic N) is 1. The highest BCUT2D eigenvalue weighted by molar-refractivity contribution is 4.92. The normalized spacial score (nSPS) is 27.2. The highest BCUT2D eigenvalue weighted by Gasteiger charge is 2.36. The Kier molecular flexibility index (Phi) is 4.60. The maximum atomic E-state index is 5.87. The van der Waals surface area contributed by atoms with Crippen LogP contribution in [0.15, 0.2) is 0 Å². The van der Waals surface area contributed by atoms with Gasteiger partial charge in [0.1, 0.15) is 0 Å². The smallest absolute Gasteiger partial charge is 0.0193 e. The third-order valence-electron chi connectivity index (χ3n) is 4.06. The molecule has 1 saturated heterocycles. The summed E-state index contributed by atoms with van der Waals surface area (Å²) in [5.74, 6) is 1.48. The van der Waals surface area contributed by atoms with E-state index in [1.807, 2.05) is 0 Å². The number of rotatable bonds is 4. The summed E-state index contributed by atoms with van der Waals surface area (Å²) in [6, 6.07) is 0. The molecule has 1 aliphatic heterocycles. The van der Waals surface area contributed by atoms with Gasteiger partial charge in [-0.05, 0) is 64.6 Å². The fraction of sp³-hybridized carbons (Fsp3) is 1.00. The average molecular weight is 212 g/mol. The highest BCUT2D eigenvalue weighted by Crippen LogP contribution is 2.32. The Labute approximate surface area is 95.2 Å². The average Bonchev–Trinajstić information content (AvgIpc) is 2.15. The summed E-state index contributed by atoms with van der Waals surface area (Å²) >= 11 is 0. The van der Waals surface area contributed by atoms with E-state index in [0.717, 1.165) is 12.5 Å². The predicted molar refractivity (Wildman–Crippen MR) is 66.9 cm³/mol. The van der Waals surface area contributed by atoms with Crippen molar-refractivity contribution in [2.24, 2.45) is 17.6 Å². The molecule has 1 fully saturated rings. The molecule has 0 spiro atoms. The number of hydrogen-bond donors (Lipinski definition) is 1. The Morgan fingerprint density at radius 1 is 1.40 bits per heavy atom. The lowest BCUT2D eigenvalue weighted by molar-refractivity contribution is 0.0225. The molecule has 0 aromatic rings. The number of hydrogen-bond acceptors (Lipinski definition) is 2. The lowest BCUT2D eigenvalue weighted by atomic mass is 9.79. The summed E-state index contributed by atoms with van der Waals surface area (Å²) in [6.07, 6.45) is 3.94. The standard InChI is InChI=1S/C13H28N2/c1-11(2)7-9-15-8-5-6-12(10-14)13(15,3)4/h11-12H,5-10,14H2,1-4H3. The van der Waals surface area contributed by atoms with Crippen LogP contribution in [0, 0.1) is 11.8 Å². The van der Waals surface area contributed by atoms with Crippen molar-refractivity contribution in [2.75, 3.05) is 19.6 Å². The van der Waals surface area contributed by atoms with Crippen LogP contribution in [-0.2, 0) is 0 Å². The number of piperidine rings is 1. The van der Waals surface area contributed by atoms with Gasteiger partial charge in [-0.25, -0.2) is 0 Å². The molecule has 0 aliphatic carbocycles. The molecular formula is C13H28N2. The zero-order valence-electron chi connectivity index (χ0n) is 10.9. The van der Waals surface area contributed by atoms with Gasteiger partial charge < -0.3 is 5.73 Å². The van der Waals surface area contributed by atoms with E-state index in [4.69, 9.17) is 5.73 Å². The summed E-state index contributed by atoms with van der Waals surface area (Å²) in [4.78, 5) is 2.65. The molecule has 1 aliphatic rings. The Hall–Kier alpha value is -0.0800. The van der Waals surface area contributed by atoms with Crippen LogP contribution in [0.3, 0.4) is 0 Å². The molecule has 90 valence electrons. The fourth-order valence-corrected chi connectivity index (χ4v) is 2.65. The van der Waals surface area contributed by atoms with E-state index < -0.39 is 0 Å². The van der Waals surface area contributed by atoms with E-state index in [2.05, 4.69) is 32.6 Å². The quantitative estimate of drug-likeness (QED) is 0.776. The van der Waals surface area contributed by atoms with Crippen molar-refractivity contribution < 1.29 is 0 Å². The summed E-state index contributed by atoms with van der Waals surface area (Å²) < 4.78 is 0. The fourth-order valence-electron chi connectivity index (χ4n) is 2.65. The van der Waals surface area contributed by atoms with E-state index in [-0.39, 0.29) is 0 Å². The number of likely N-dealkylation sites (tertiary alicyclic amines) is 1. The molecule has 0 radical (unpaired) electrons. The monoisotopic (exact) mass is 212 g/mol. The van der Waals surface area contributed by atoms with Crippen LogP contribution in [0.4, 0.5) is 0 Å². The zero-order chi connectivity index (χ0) is 11.5. The molecule has 2 nitrogen and oxygen atoms in total. The lowest BCUT2D eigenvalue weighted by Gasteiger charge is -2.48. The molecule has 1 rings (SSSR count). The topological polar surface area (TPSA) is 29.3 Å².